The third kappa shape index (κ3) is 3.33. The molecular formula is C12H13NO3S. The maximum atomic E-state index is 11.8. The van der Waals surface area contributed by atoms with Crippen molar-refractivity contribution < 1.29 is 13.2 Å². The molecule has 1 aromatic rings. The molecule has 0 heterocycles. The average Bonchev–Trinajstić information content (AvgIpc) is 2.27. The SMILES string of the molecule is C#CCN(C)C(=O)c1ccc(S(C)(=O)=O)cc1. The van der Waals surface area contributed by atoms with Gasteiger partial charge in [0.2, 0.25) is 0 Å². The molecule has 1 rings (SSSR count). The molecule has 0 aromatic heterocycles. The largest absolute Gasteiger partial charge is 0.331 e. The standard InChI is InChI=1S/C12H13NO3S/c1-4-9-13(2)12(14)10-5-7-11(8-6-10)17(3,15)16/h1,5-8H,9H2,2-3H3. The van der Waals surface area contributed by atoms with Gasteiger partial charge < -0.3 is 4.90 Å². The van der Waals surface area contributed by atoms with Crippen LogP contribution in [0.1, 0.15) is 10.4 Å². The van der Waals surface area contributed by atoms with Gasteiger partial charge in [-0.15, -0.1) is 6.42 Å². The maximum absolute atomic E-state index is 11.8. The van der Waals surface area contributed by atoms with Gasteiger partial charge in [0.05, 0.1) is 11.4 Å². The maximum Gasteiger partial charge on any atom is 0.254 e. The molecule has 0 atom stereocenters. The van der Waals surface area contributed by atoms with Crippen molar-refractivity contribution >= 4 is 15.7 Å². The van der Waals surface area contributed by atoms with Crippen molar-refractivity contribution in [3.05, 3.63) is 29.8 Å². The second-order valence-corrected chi connectivity index (χ2v) is 5.68. The molecule has 90 valence electrons. The number of amides is 1. The van der Waals surface area contributed by atoms with E-state index in [1.165, 1.54) is 29.2 Å². The van der Waals surface area contributed by atoms with Crippen LogP contribution in [0.5, 0.6) is 0 Å². The van der Waals surface area contributed by atoms with Crippen LogP contribution < -0.4 is 0 Å². The van der Waals surface area contributed by atoms with Gasteiger partial charge in [0.25, 0.3) is 5.91 Å². The number of nitrogens with zero attached hydrogens (tertiary/aromatic N) is 1. The lowest BCUT2D eigenvalue weighted by Crippen LogP contribution is -2.26. The van der Waals surface area contributed by atoms with E-state index in [4.69, 9.17) is 6.42 Å². The Morgan fingerprint density at radius 2 is 1.88 bits per heavy atom. The van der Waals surface area contributed by atoms with Crippen molar-refractivity contribution in [2.75, 3.05) is 19.8 Å². The highest BCUT2D eigenvalue weighted by molar-refractivity contribution is 7.90. The van der Waals surface area contributed by atoms with Crippen molar-refractivity contribution in [3.63, 3.8) is 0 Å². The highest BCUT2D eigenvalue weighted by Gasteiger charge is 2.12. The van der Waals surface area contributed by atoms with Crippen molar-refractivity contribution in [1.82, 2.24) is 4.90 Å². The lowest BCUT2D eigenvalue weighted by molar-refractivity contribution is 0.0812. The summed E-state index contributed by atoms with van der Waals surface area (Å²) in [6.45, 7) is 0.215. The van der Waals surface area contributed by atoms with Gasteiger partial charge in [-0.1, -0.05) is 5.92 Å². The van der Waals surface area contributed by atoms with Gasteiger partial charge in [0, 0.05) is 18.9 Å². The monoisotopic (exact) mass is 251 g/mol. The Morgan fingerprint density at radius 1 is 1.35 bits per heavy atom. The van der Waals surface area contributed by atoms with Gasteiger partial charge in [-0.2, -0.15) is 0 Å². The number of hydrogen-bond acceptors (Lipinski definition) is 3. The van der Waals surface area contributed by atoms with Gasteiger partial charge in [-0.25, -0.2) is 8.42 Å². The van der Waals surface area contributed by atoms with Crippen LogP contribution in [-0.4, -0.2) is 39.1 Å². The summed E-state index contributed by atoms with van der Waals surface area (Å²) in [5.41, 5.74) is 0.412. The van der Waals surface area contributed by atoms with E-state index in [0.29, 0.717) is 5.56 Å². The fraction of sp³-hybridized carbons (Fsp3) is 0.250. The minimum absolute atomic E-state index is 0.189. The molecule has 0 aliphatic carbocycles. The zero-order valence-corrected chi connectivity index (χ0v) is 10.5. The van der Waals surface area contributed by atoms with Crippen LogP contribution in [0.25, 0.3) is 0 Å². The van der Waals surface area contributed by atoms with Gasteiger partial charge in [0.1, 0.15) is 0 Å². The number of rotatable bonds is 3. The minimum Gasteiger partial charge on any atom is -0.331 e. The number of benzene rings is 1. The summed E-state index contributed by atoms with van der Waals surface area (Å²) in [6, 6.07) is 5.77. The molecule has 1 aromatic carbocycles. The van der Waals surface area contributed by atoms with E-state index in [1.807, 2.05) is 0 Å². The molecule has 0 unspecified atom stereocenters. The quantitative estimate of drug-likeness (QED) is 0.746. The number of hydrogen-bond donors (Lipinski definition) is 0. The molecule has 4 nitrogen and oxygen atoms in total. The Morgan fingerprint density at radius 3 is 2.29 bits per heavy atom. The van der Waals surface area contributed by atoms with Crippen LogP contribution in [0.2, 0.25) is 0 Å². The molecule has 0 spiro atoms. The Labute approximate surface area is 101 Å². The molecule has 5 heteroatoms. The zero-order chi connectivity index (χ0) is 13.1. The Balaban J connectivity index is 2.97. The topological polar surface area (TPSA) is 54.5 Å². The fourth-order valence-electron chi connectivity index (χ4n) is 1.27. The Hall–Kier alpha value is -1.80. The molecule has 17 heavy (non-hydrogen) atoms. The summed E-state index contributed by atoms with van der Waals surface area (Å²) in [4.78, 5) is 13.3. The highest BCUT2D eigenvalue weighted by atomic mass is 32.2. The summed E-state index contributed by atoms with van der Waals surface area (Å²) >= 11 is 0. The fourth-order valence-corrected chi connectivity index (χ4v) is 1.90. The van der Waals surface area contributed by atoms with Crippen LogP contribution >= 0.6 is 0 Å². The molecule has 0 saturated carbocycles. The van der Waals surface area contributed by atoms with E-state index >= 15 is 0 Å². The molecule has 0 bridgehead atoms. The first-order chi connectivity index (χ1) is 7.86. The Bertz CT molecular complexity index is 552. The van der Waals surface area contributed by atoms with Crippen LogP contribution in [-0.2, 0) is 9.84 Å². The number of terminal acetylenes is 1. The molecule has 1 amide bonds. The van der Waals surface area contributed by atoms with E-state index < -0.39 is 9.84 Å². The van der Waals surface area contributed by atoms with Crippen molar-refractivity contribution in [2.45, 2.75) is 4.90 Å². The predicted molar refractivity (Wildman–Crippen MR) is 65.3 cm³/mol. The third-order valence-electron chi connectivity index (χ3n) is 2.20. The first-order valence-corrected chi connectivity index (χ1v) is 6.74. The molecule has 0 N–H and O–H groups in total. The normalized spacial score (nSPS) is 10.6. The molecule has 0 aliphatic heterocycles. The third-order valence-corrected chi connectivity index (χ3v) is 3.33. The van der Waals surface area contributed by atoms with Gasteiger partial charge in [0.15, 0.2) is 9.84 Å². The molecular weight excluding hydrogens is 238 g/mol. The van der Waals surface area contributed by atoms with Crippen LogP contribution in [0.15, 0.2) is 29.2 Å². The van der Waals surface area contributed by atoms with Crippen LogP contribution in [0, 0.1) is 12.3 Å². The van der Waals surface area contributed by atoms with Crippen molar-refractivity contribution in [3.8, 4) is 12.3 Å². The minimum atomic E-state index is -3.23. The number of carbonyl (C=O) groups excluding carboxylic acids is 1. The molecule has 0 radical (unpaired) electrons. The van der Waals surface area contributed by atoms with Gasteiger partial charge >= 0.3 is 0 Å². The van der Waals surface area contributed by atoms with Crippen molar-refractivity contribution in [1.29, 1.82) is 0 Å². The van der Waals surface area contributed by atoms with E-state index in [1.54, 1.807) is 7.05 Å². The van der Waals surface area contributed by atoms with E-state index in [0.717, 1.165) is 6.26 Å². The summed E-state index contributed by atoms with van der Waals surface area (Å²) in [5.74, 6) is 2.13. The first-order valence-electron chi connectivity index (χ1n) is 4.85. The lowest BCUT2D eigenvalue weighted by Gasteiger charge is -2.13. The van der Waals surface area contributed by atoms with Crippen molar-refractivity contribution in [2.24, 2.45) is 0 Å². The number of sulfone groups is 1. The second-order valence-electron chi connectivity index (χ2n) is 3.66. The summed E-state index contributed by atoms with van der Waals surface area (Å²) in [6.07, 6.45) is 6.22. The Kier molecular flexibility index (Phi) is 3.92. The molecule has 0 aliphatic rings. The van der Waals surface area contributed by atoms with E-state index in [2.05, 4.69) is 5.92 Å². The number of carbonyl (C=O) groups is 1. The zero-order valence-electron chi connectivity index (χ0n) is 9.67. The van der Waals surface area contributed by atoms with Gasteiger partial charge in [-0.3, -0.25) is 4.79 Å². The molecule has 0 fully saturated rings. The summed E-state index contributed by atoms with van der Waals surface area (Å²) in [7, 11) is -1.64. The van der Waals surface area contributed by atoms with Crippen LogP contribution in [0.4, 0.5) is 0 Å². The summed E-state index contributed by atoms with van der Waals surface area (Å²) in [5, 5.41) is 0. The van der Waals surface area contributed by atoms with Gasteiger partial charge in [-0.05, 0) is 24.3 Å². The first kappa shape index (κ1) is 13.3. The molecule has 0 saturated heterocycles. The highest BCUT2D eigenvalue weighted by Crippen LogP contribution is 2.11. The van der Waals surface area contributed by atoms with Crippen LogP contribution in [0.3, 0.4) is 0 Å². The second kappa shape index (κ2) is 5.02. The predicted octanol–water partition coefficient (Wildman–Crippen LogP) is 0.795. The smallest absolute Gasteiger partial charge is 0.254 e. The van der Waals surface area contributed by atoms with E-state index in [-0.39, 0.29) is 17.3 Å². The van der Waals surface area contributed by atoms with E-state index in [9.17, 15) is 13.2 Å². The lowest BCUT2D eigenvalue weighted by atomic mass is 10.2. The summed E-state index contributed by atoms with van der Waals surface area (Å²) < 4.78 is 22.5. The average molecular weight is 251 g/mol.